The topological polar surface area (TPSA) is 70.2 Å². The number of aromatic nitrogens is 1. The minimum Gasteiger partial charge on any atom is -0.350 e. The molecule has 1 N–H and O–H groups in total. The summed E-state index contributed by atoms with van der Waals surface area (Å²) in [5.74, 6) is -0.372. The molecule has 0 amide bonds. The van der Waals surface area contributed by atoms with Gasteiger partial charge in [-0.05, 0) is 23.6 Å². The van der Waals surface area contributed by atoms with E-state index in [-0.39, 0.29) is 15.9 Å². The Morgan fingerprint density at radius 3 is 2.74 bits per heavy atom. The van der Waals surface area contributed by atoms with E-state index in [1.54, 1.807) is 35.7 Å². The van der Waals surface area contributed by atoms with Crippen LogP contribution in [0.2, 0.25) is 0 Å². The van der Waals surface area contributed by atoms with Gasteiger partial charge in [-0.25, -0.2) is 8.42 Å². The Labute approximate surface area is 142 Å². The van der Waals surface area contributed by atoms with Crippen molar-refractivity contribution in [2.45, 2.75) is 4.21 Å². The molecule has 0 aliphatic carbocycles. The molecule has 5 nitrogen and oxygen atoms in total. The second-order valence-electron chi connectivity index (χ2n) is 4.89. The number of rotatable bonds is 5. The van der Waals surface area contributed by atoms with Gasteiger partial charge in [0.2, 0.25) is 0 Å². The molecule has 0 unspecified atom stereocenters. The zero-order valence-corrected chi connectivity index (χ0v) is 14.5. The lowest BCUT2D eigenvalue weighted by Crippen LogP contribution is -2.26. The summed E-state index contributed by atoms with van der Waals surface area (Å²) in [6, 6.07) is 10.2. The van der Waals surface area contributed by atoms with Crippen molar-refractivity contribution < 1.29 is 13.2 Å². The van der Waals surface area contributed by atoms with Gasteiger partial charge in [0.05, 0.1) is 22.8 Å². The Bertz CT molecular complexity index is 962. The second kappa shape index (κ2) is 5.99. The van der Waals surface area contributed by atoms with Gasteiger partial charge in [-0.15, -0.1) is 22.9 Å². The number of hydrogen-bond donors (Lipinski definition) is 1. The van der Waals surface area contributed by atoms with Crippen molar-refractivity contribution in [2.75, 3.05) is 17.2 Å². The van der Waals surface area contributed by atoms with Gasteiger partial charge in [-0.1, -0.05) is 18.2 Å². The molecule has 0 saturated carbocycles. The minimum atomic E-state index is -3.64. The number of hydrogen-bond acceptors (Lipinski definition) is 4. The minimum absolute atomic E-state index is 0.133. The SMILES string of the molecule is CN(c1cccc2cc(C(=O)CCl)[nH]c12)S(=O)(=O)c1cccs1. The number of halogens is 1. The van der Waals surface area contributed by atoms with E-state index in [9.17, 15) is 13.2 Å². The first-order chi connectivity index (χ1) is 10.9. The fourth-order valence-corrected chi connectivity index (χ4v) is 4.81. The fourth-order valence-electron chi connectivity index (χ4n) is 2.30. The molecule has 8 heteroatoms. The van der Waals surface area contributed by atoms with E-state index in [0.29, 0.717) is 16.9 Å². The number of benzene rings is 1. The average molecular weight is 369 g/mol. The summed E-state index contributed by atoms with van der Waals surface area (Å²) in [4.78, 5) is 14.7. The number of nitrogens with one attached hydrogen (secondary N) is 1. The van der Waals surface area contributed by atoms with Crippen molar-refractivity contribution in [3.05, 3.63) is 47.5 Å². The number of carbonyl (C=O) groups is 1. The number of H-pyrrole nitrogens is 1. The van der Waals surface area contributed by atoms with Gasteiger partial charge in [0, 0.05) is 12.4 Å². The third kappa shape index (κ3) is 2.75. The molecule has 0 spiro atoms. The fraction of sp³-hybridized carbons (Fsp3) is 0.133. The lowest BCUT2D eigenvalue weighted by molar-refractivity contribution is 0.101. The number of carbonyl (C=O) groups excluding carboxylic acids is 1. The Hall–Kier alpha value is -1.83. The molecule has 0 radical (unpaired) electrons. The van der Waals surface area contributed by atoms with E-state index in [0.717, 1.165) is 16.7 Å². The maximum atomic E-state index is 12.7. The third-order valence-corrected chi connectivity index (χ3v) is 6.89. The molecule has 2 aromatic heterocycles. The molecular weight excluding hydrogens is 356 g/mol. The molecule has 3 aromatic rings. The van der Waals surface area contributed by atoms with Crippen LogP contribution in [0.15, 0.2) is 46.0 Å². The molecule has 0 atom stereocenters. The lowest BCUT2D eigenvalue weighted by atomic mass is 10.2. The summed E-state index contributed by atoms with van der Waals surface area (Å²) in [6.07, 6.45) is 0. The molecule has 0 bridgehead atoms. The highest BCUT2D eigenvalue weighted by atomic mass is 35.5. The van der Waals surface area contributed by atoms with Gasteiger partial charge in [0.1, 0.15) is 4.21 Å². The number of nitrogens with zero attached hydrogens (tertiary/aromatic N) is 1. The molecule has 2 heterocycles. The molecule has 120 valence electrons. The normalized spacial score (nSPS) is 11.7. The summed E-state index contributed by atoms with van der Waals surface area (Å²) in [5.41, 5.74) is 1.43. The van der Waals surface area contributed by atoms with Crippen molar-refractivity contribution in [1.82, 2.24) is 4.98 Å². The number of thiophene rings is 1. The smallest absolute Gasteiger partial charge is 0.273 e. The van der Waals surface area contributed by atoms with Crippen molar-refractivity contribution in [2.24, 2.45) is 0 Å². The Morgan fingerprint density at radius 2 is 2.09 bits per heavy atom. The van der Waals surface area contributed by atoms with Gasteiger partial charge in [0.25, 0.3) is 10.0 Å². The number of alkyl halides is 1. The molecule has 3 rings (SSSR count). The maximum Gasteiger partial charge on any atom is 0.273 e. The van der Waals surface area contributed by atoms with Crippen LogP contribution in [0.4, 0.5) is 5.69 Å². The van der Waals surface area contributed by atoms with Crippen LogP contribution in [-0.4, -0.2) is 32.1 Å². The van der Waals surface area contributed by atoms with E-state index >= 15 is 0 Å². The average Bonchev–Trinajstić information content (AvgIpc) is 3.21. The van der Waals surface area contributed by atoms with Crippen LogP contribution in [0.3, 0.4) is 0 Å². The van der Waals surface area contributed by atoms with Crippen LogP contribution in [0, 0.1) is 0 Å². The van der Waals surface area contributed by atoms with Crippen LogP contribution >= 0.6 is 22.9 Å². The van der Waals surface area contributed by atoms with E-state index in [1.807, 2.05) is 6.07 Å². The molecule has 0 aliphatic rings. The number of para-hydroxylation sites is 1. The quantitative estimate of drug-likeness (QED) is 0.553. The van der Waals surface area contributed by atoms with E-state index in [1.165, 1.54) is 11.4 Å². The first-order valence-electron chi connectivity index (χ1n) is 6.68. The number of sulfonamides is 1. The van der Waals surface area contributed by atoms with E-state index in [2.05, 4.69) is 4.98 Å². The van der Waals surface area contributed by atoms with Crippen LogP contribution in [0.1, 0.15) is 10.5 Å². The van der Waals surface area contributed by atoms with Crippen molar-refractivity contribution in [1.29, 1.82) is 0 Å². The van der Waals surface area contributed by atoms with Crippen molar-refractivity contribution >= 4 is 55.3 Å². The highest BCUT2D eigenvalue weighted by Crippen LogP contribution is 2.31. The molecular formula is C15H13ClN2O3S2. The van der Waals surface area contributed by atoms with Crippen LogP contribution in [0.25, 0.3) is 10.9 Å². The second-order valence-corrected chi connectivity index (χ2v) is 8.30. The monoisotopic (exact) mass is 368 g/mol. The summed E-state index contributed by atoms with van der Waals surface area (Å²) >= 11 is 6.74. The van der Waals surface area contributed by atoms with Gasteiger partial charge in [-0.2, -0.15) is 0 Å². The number of anilines is 1. The lowest BCUT2D eigenvalue weighted by Gasteiger charge is -2.19. The molecule has 0 fully saturated rings. The van der Waals surface area contributed by atoms with Crippen LogP contribution in [0.5, 0.6) is 0 Å². The third-order valence-electron chi connectivity index (χ3n) is 3.51. The highest BCUT2D eigenvalue weighted by molar-refractivity contribution is 7.94. The van der Waals surface area contributed by atoms with Crippen LogP contribution in [-0.2, 0) is 10.0 Å². The summed E-state index contributed by atoms with van der Waals surface area (Å²) < 4.78 is 26.8. The standard InChI is InChI=1S/C15H13ClN2O3S2/c1-18(23(20,21)14-6-3-7-22-14)12-5-2-4-10-8-11(13(19)9-16)17-15(10)12/h2-8,17H,9H2,1H3. The van der Waals surface area contributed by atoms with Crippen molar-refractivity contribution in [3.8, 4) is 0 Å². The highest BCUT2D eigenvalue weighted by Gasteiger charge is 2.24. The largest absolute Gasteiger partial charge is 0.350 e. The molecule has 1 aromatic carbocycles. The van der Waals surface area contributed by atoms with E-state index < -0.39 is 10.0 Å². The predicted molar refractivity (Wildman–Crippen MR) is 93.3 cm³/mol. The first kappa shape index (κ1) is 16.0. The van der Waals surface area contributed by atoms with Gasteiger partial charge in [0.15, 0.2) is 5.78 Å². The van der Waals surface area contributed by atoms with Crippen LogP contribution < -0.4 is 4.31 Å². The van der Waals surface area contributed by atoms with E-state index in [4.69, 9.17) is 11.6 Å². The van der Waals surface area contributed by atoms with Gasteiger partial charge >= 0.3 is 0 Å². The molecule has 0 saturated heterocycles. The van der Waals surface area contributed by atoms with Gasteiger partial charge < -0.3 is 4.98 Å². The van der Waals surface area contributed by atoms with Gasteiger partial charge in [-0.3, -0.25) is 9.10 Å². The molecule has 23 heavy (non-hydrogen) atoms. The Morgan fingerprint density at radius 1 is 1.30 bits per heavy atom. The number of aromatic amines is 1. The summed E-state index contributed by atoms with van der Waals surface area (Å²) in [5, 5.41) is 2.47. The number of ketones is 1. The maximum absolute atomic E-state index is 12.7. The number of Topliss-reactive ketones (excluding diaryl/α,β-unsaturated/α-hetero) is 1. The summed E-state index contributed by atoms with van der Waals surface area (Å²) in [7, 11) is -2.14. The first-order valence-corrected chi connectivity index (χ1v) is 9.54. The summed E-state index contributed by atoms with van der Waals surface area (Å²) in [6.45, 7) is 0. The predicted octanol–water partition coefficient (Wildman–Crippen LogP) is 3.48. The Kier molecular flexibility index (Phi) is 4.18. The number of fused-ring (bicyclic) bond motifs is 1. The Balaban J connectivity index is 2.13. The zero-order valence-electron chi connectivity index (χ0n) is 12.1. The molecule has 0 aliphatic heterocycles. The van der Waals surface area contributed by atoms with Crippen molar-refractivity contribution in [3.63, 3.8) is 0 Å². The zero-order chi connectivity index (χ0) is 16.6.